The summed E-state index contributed by atoms with van der Waals surface area (Å²) in [7, 11) is 0. The van der Waals surface area contributed by atoms with Crippen molar-refractivity contribution in [2.45, 2.75) is 0 Å². The molecule has 0 saturated heterocycles. The van der Waals surface area contributed by atoms with Crippen LogP contribution in [0.2, 0.25) is 0 Å². The zero-order chi connectivity index (χ0) is 11.4. The third-order valence-electron chi connectivity index (χ3n) is 2.01. The van der Waals surface area contributed by atoms with Gasteiger partial charge in [0.05, 0.1) is 11.3 Å². The van der Waals surface area contributed by atoms with Crippen LogP contribution in [0.3, 0.4) is 0 Å². The standard InChI is InChI=1S/C11H10N4O/c12-10-9(4-2-6-14-10)15-11(16)8-3-1-5-13-7-8/h1-7H,(H2,12,14)(H,15,16). The third kappa shape index (κ3) is 2.14. The van der Waals surface area contributed by atoms with Crippen molar-refractivity contribution in [2.24, 2.45) is 0 Å². The first-order chi connectivity index (χ1) is 7.77. The molecule has 2 aromatic heterocycles. The molecule has 3 N–H and O–H groups in total. The van der Waals surface area contributed by atoms with E-state index in [0.29, 0.717) is 17.1 Å². The van der Waals surface area contributed by atoms with Gasteiger partial charge in [-0.15, -0.1) is 0 Å². The van der Waals surface area contributed by atoms with E-state index in [1.807, 2.05) is 0 Å². The molecule has 5 heteroatoms. The van der Waals surface area contributed by atoms with Gasteiger partial charge in [-0.05, 0) is 24.3 Å². The maximum atomic E-state index is 11.7. The van der Waals surface area contributed by atoms with Crippen LogP contribution >= 0.6 is 0 Å². The molecule has 0 unspecified atom stereocenters. The molecule has 2 rings (SSSR count). The van der Waals surface area contributed by atoms with Crippen LogP contribution < -0.4 is 11.1 Å². The van der Waals surface area contributed by atoms with Crippen LogP contribution in [0.1, 0.15) is 10.4 Å². The molecule has 0 atom stereocenters. The van der Waals surface area contributed by atoms with E-state index >= 15 is 0 Å². The van der Waals surface area contributed by atoms with Crippen LogP contribution in [0.25, 0.3) is 0 Å². The minimum absolute atomic E-state index is 0.257. The minimum Gasteiger partial charge on any atom is -0.382 e. The second-order valence-electron chi connectivity index (χ2n) is 3.13. The van der Waals surface area contributed by atoms with Gasteiger partial charge in [-0.1, -0.05) is 0 Å². The van der Waals surface area contributed by atoms with E-state index in [1.54, 1.807) is 36.7 Å². The van der Waals surface area contributed by atoms with Crippen molar-refractivity contribution < 1.29 is 4.79 Å². The molecule has 16 heavy (non-hydrogen) atoms. The van der Waals surface area contributed by atoms with Crippen LogP contribution in [0.15, 0.2) is 42.9 Å². The molecule has 80 valence electrons. The molecule has 0 aliphatic heterocycles. The van der Waals surface area contributed by atoms with Crippen LogP contribution in [0.4, 0.5) is 11.5 Å². The topological polar surface area (TPSA) is 80.9 Å². The summed E-state index contributed by atoms with van der Waals surface area (Å²) < 4.78 is 0. The van der Waals surface area contributed by atoms with E-state index in [4.69, 9.17) is 5.73 Å². The molecule has 2 aromatic rings. The van der Waals surface area contributed by atoms with E-state index in [-0.39, 0.29) is 5.91 Å². The third-order valence-corrected chi connectivity index (χ3v) is 2.01. The van der Waals surface area contributed by atoms with Gasteiger partial charge in [-0.3, -0.25) is 9.78 Å². The zero-order valence-electron chi connectivity index (χ0n) is 8.42. The Morgan fingerprint density at radius 1 is 1.25 bits per heavy atom. The van der Waals surface area contributed by atoms with Crippen LogP contribution in [-0.2, 0) is 0 Å². The van der Waals surface area contributed by atoms with Crippen LogP contribution in [-0.4, -0.2) is 15.9 Å². The summed E-state index contributed by atoms with van der Waals surface area (Å²) in [5, 5.41) is 2.66. The fourth-order valence-corrected chi connectivity index (χ4v) is 1.21. The Balaban J connectivity index is 2.18. The molecule has 0 fully saturated rings. The fourth-order valence-electron chi connectivity index (χ4n) is 1.21. The highest BCUT2D eigenvalue weighted by atomic mass is 16.1. The molecule has 0 saturated carbocycles. The van der Waals surface area contributed by atoms with Gasteiger partial charge in [0.1, 0.15) is 5.82 Å². The van der Waals surface area contributed by atoms with Gasteiger partial charge in [-0.2, -0.15) is 0 Å². The second kappa shape index (κ2) is 4.39. The second-order valence-corrected chi connectivity index (χ2v) is 3.13. The maximum Gasteiger partial charge on any atom is 0.257 e. The first kappa shape index (κ1) is 10.1. The lowest BCUT2D eigenvalue weighted by atomic mass is 10.2. The first-order valence-corrected chi connectivity index (χ1v) is 4.69. The molecule has 1 amide bonds. The molecule has 5 nitrogen and oxygen atoms in total. The van der Waals surface area contributed by atoms with E-state index in [0.717, 1.165) is 0 Å². The van der Waals surface area contributed by atoms with Crippen molar-refractivity contribution in [3.8, 4) is 0 Å². The summed E-state index contributed by atoms with van der Waals surface area (Å²) in [5.74, 6) is 0.0348. The molecule has 0 bridgehead atoms. The van der Waals surface area contributed by atoms with E-state index in [2.05, 4.69) is 15.3 Å². The monoisotopic (exact) mass is 214 g/mol. The van der Waals surface area contributed by atoms with Crippen LogP contribution in [0.5, 0.6) is 0 Å². The first-order valence-electron chi connectivity index (χ1n) is 4.69. The van der Waals surface area contributed by atoms with Crippen molar-refractivity contribution in [1.82, 2.24) is 9.97 Å². The number of carbonyl (C=O) groups excluding carboxylic acids is 1. The van der Waals surface area contributed by atoms with Crippen molar-refractivity contribution in [3.63, 3.8) is 0 Å². The predicted octanol–water partition coefficient (Wildman–Crippen LogP) is 1.31. The number of pyridine rings is 2. The highest BCUT2D eigenvalue weighted by molar-refractivity contribution is 6.05. The Bertz CT molecular complexity index is 498. The van der Waals surface area contributed by atoms with Gasteiger partial charge in [-0.25, -0.2) is 4.98 Å². The highest BCUT2D eigenvalue weighted by Crippen LogP contribution is 2.14. The quantitative estimate of drug-likeness (QED) is 0.789. The number of aromatic nitrogens is 2. The van der Waals surface area contributed by atoms with E-state index in [9.17, 15) is 4.79 Å². The Hall–Kier alpha value is -2.43. The number of nitrogens with zero attached hydrogens (tertiary/aromatic N) is 2. The van der Waals surface area contributed by atoms with Crippen molar-refractivity contribution in [2.75, 3.05) is 11.1 Å². The Morgan fingerprint density at radius 2 is 2.06 bits per heavy atom. The minimum atomic E-state index is -0.257. The Kier molecular flexibility index (Phi) is 2.77. The lowest BCUT2D eigenvalue weighted by Gasteiger charge is -2.06. The fraction of sp³-hybridized carbons (Fsp3) is 0. The number of nitrogens with two attached hydrogens (primary N) is 1. The van der Waals surface area contributed by atoms with Crippen LogP contribution in [0, 0.1) is 0 Å². The molecule has 0 radical (unpaired) electrons. The van der Waals surface area contributed by atoms with Crippen molar-refractivity contribution >= 4 is 17.4 Å². The molecule has 0 aromatic carbocycles. The number of carbonyl (C=O) groups is 1. The van der Waals surface area contributed by atoms with E-state index in [1.165, 1.54) is 6.20 Å². The maximum absolute atomic E-state index is 11.7. The average molecular weight is 214 g/mol. The van der Waals surface area contributed by atoms with Crippen molar-refractivity contribution in [1.29, 1.82) is 0 Å². The highest BCUT2D eigenvalue weighted by Gasteiger charge is 2.07. The number of hydrogen-bond donors (Lipinski definition) is 2. The summed E-state index contributed by atoms with van der Waals surface area (Å²) in [6, 6.07) is 6.77. The smallest absolute Gasteiger partial charge is 0.257 e. The van der Waals surface area contributed by atoms with Gasteiger partial charge in [0, 0.05) is 18.6 Å². The zero-order valence-corrected chi connectivity index (χ0v) is 8.42. The molecular formula is C11H10N4O. The van der Waals surface area contributed by atoms with Gasteiger partial charge in [0.25, 0.3) is 5.91 Å². The summed E-state index contributed by atoms with van der Waals surface area (Å²) in [6.07, 6.45) is 4.66. The molecule has 0 aliphatic carbocycles. The lowest BCUT2D eigenvalue weighted by Crippen LogP contribution is -2.13. The summed E-state index contributed by atoms with van der Waals surface area (Å²) >= 11 is 0. The van der Waals surface area contributed by atoms with Gasteiger partial charge >= 0.3 is 0 Å². The van der Waals surface area contributed by atoms with Gasteiger partial charge in [0.15, 0.2) is 0 Å². The molecule has 0 spiro atoms. The average Bonchev–Trinajstić information content (AvgIpc) is 2.33. The van der Waals surface area contributed by atoms with Gasteiger partial charge in [0.2, 0.25) is 0 Å². The molecule has 0 aliphatic rings. The number of anilines is 2. The number of rotatable bonds is 2. The summed E-state index contributed by atoms with van der Waals surface area (Å²) in [4.78, 5) is 19.5. The Morgan fingerprint density at radius 3 is 2.75 bits per heavy atom. The SMILES string of the molecule is Nc1ncccc1NC(=O)c1cccnc1. The largest absolute Gasteiger partial charge is 0.382 e. The molecule has 2 heterocycles. The van der Waals surface area contributed by atoms with Gasteiger partial charge < -0.3 is 11.1 Å². The van der Waals surface area contributed by atoms with E-state index < -0.39 is 0 Å². The number of nitrogens with one attached hydrogen (secondary N) is 1. The summed E-state index contributed by atoms with van der Waals surface area (Å²) in [6.45, 7) is 0. The summed E-state index contributed by atoms with van der Waals surface area (Å²) in [5.41, 5.74) is 6.58. The molecular weight excluding hydrogens is 204 g/mol. The Labute approximate surface area is 92.3 Å². The number of hydrogen-bond acceptors (Lipinski definition) is 4. The predicted molar refractivity (Wildman–Crippen MR) is 60.8 cm³/mol. The van der Waals surface area contributed by atoms with Crippen molar-refractivity contribution in [3.05, 3.63) is 48.4 Å². The number of amides is 1. The normalized spacial score (nSPS) is 9.75. The lowest BCUT2D eigenvalue weighted by molar-refractivity contribution is 0.102. The number of nitrogen functional groups attached to an aromatic ring is 1.